The summed E-state index contributed by atoms with van der Waals surface area (Å²) in [6, 6.07) is 0. The van der Waals surface area contributed by atoms with E-state index in [4.69, 9.17) is 0 Å². The first-order valence-corrected chi connectivity index (χ1v) is 7.09. The van der Waals surface area contributed by atoms with Crippen molar-refractivity contribution in [2.45, 2.75) is 0 Å². The molecule has 0 aliphatic rings. The Morgan fingerprint density at radius 3 is 2.35 bits per heavy atom. The lowest BCUT2D eigenvalue weighted by Crippen LogP contribution is -2.43. The number of amides is 1. The van der Waals surface area contributed by atoms with Crippen LogP contribution in [-0.4, -0.2) is 70.1 Å². The van der Waals surface area contributed by atoms with Crippen LogP contribution >= 0.6 is 0 Å². The van der Waals surface area contributed by atoms with Gasteiger partial charge in [-0.3, -0.25) is 4.79 Å². The number of hydrogen-bond acceptors (Lipinski definition) is 4. The Morgan fingerprint density at radius 2 is 1.94 bits per heavy atom. The summed E-state index contributed by atoms with van der Waals surface area (Å²) < 4.78 is 24.1. The molecule has 0 aliphatic heterocycles. The number of nitrogens with zero attached hydrogens (tertiary/aromatic N) is 2. The van der Waals surface area contributed by atoms with Gasteiger partial charge >= 0.3 is 0 Å². The van der Waals surface area contributed by atoms with E-state index < -0.39 is 10.0 Å². The van der Waals surface area contributed by atoms with Crippen molar-refractivity contribution in [2.24, 2.45) is 0 Å². The van der Waals surface area contributed by atoms with E-state index in [1.54, 1.807) is 6.08 Å². The summed E-state index contributed by atoms with van der Waals surface area (Å²) in [4.78, 5) is 13.3. The number of carbonyl (C=O) groups excluding carboxylic acids is 1. The molecule has 0 fully saturated rings. The topological polar surface area (TPSA) is 69.7 Å². The van der Waals surface area contributed by atoms with Gasteiger partial charge in [0, 0.05) is 19.6 Å². The molecule has 0 aromatic heterocycles. The molecule has 1 amide bonds. The van der Waals surface area contributed by atoms with Crippen LogP contribution in [0.1, 0.15) is 0 Å². The predicted molar refractivity (Wildman–Crippen MR) is 68.2 cm³/mol. The van der Waals surface area contributed by atoms with E-state index in [2.05, 4.69) is 11.9 Å². The van der Waals surface area contributed by atoms with Gasteiger partial charge in [0.1, 0.15) is 0 Å². The van der Waals surface area contributed by atoms with Crippen molar-refractivity contribution in [2.75, 3.05) is 46.5 Å². The molecule has 0 aromatic carbocycles. The molecular weight excluding hydrogens is 242 g/mol. The lowest BCUT2D eigenvalue weighted by atomic mass is 10.5. The molecule has 0 aliphatic carbocycles. The van der Waals surface area contributed by atoms with E-state index in [1.807, 2.05) is 19.0 Å². The number of hydrogen-bond donors (Lipinski definition) is 1. The van der Waals surface area contributed by atoms with Gasteiger partial charge in [-0.25, -0.2) is 8.42 Å². The molecule has 7 heteroatoms. The maximum absolute atomic E-state index is 11.5. The van der Waals surface area contributed by atoms with Crippen LogP contribution in [0.5, 0.6) is 0 Å². The third-order valence-corrected chi connectivity index (χ3v) is 3.28. The second kappa shape index (κ2) is 7.41. The van der Waals surface area contributed by atoms with Crippen LogP contribution in [0.15, 0.2) is 12.7 Å². The van der Waals surface area contributed by atoms with Gasteiger partial charge in [-0.1, -0.05) is 6.08 Å². The highest BCUT2D eigenvalue weighted by molar-refractivity contribution is 7.88. The van der Waals surface area contributed by atoms with Crippen molar-refractivity contribution < 1.29 is 13.2 Å². The largest absolute Gasteiger partial charge is 0.351 e. The fourth-order valence-electron chi connectivity index (χ4n) is 1.08. The van der Waals surface area contributed by atoms with Crippen LogP contribution in [0.3, 0.4) is 0 Å². The van der Waals surface area contributed by atoms with Gasteiger partial charge in [0.15, 0.2) is 0 Å². The van der Waals surface area contributed by atoms with Gasteiger partial charge in [-0.15, -0.1) is 6.58 Å². The van der Waals surface area contributed by atoms with E-state index in [0.29, 0.717) is 19.6 Å². The van der Waals surface area contributed by atoms with Crippen LogP contribution in [0.2, 0.25) is 0 Å². The third-order valence-electron chi connectivity index (χ3n) is 2.03. The minimum Gasteiger partial charge on any atom is -0.351 e. The van der Waals surface area contributed by atoms with Gasteiger partial charge in [-0.2, -0.15) is 4.31 Å². The lowest BCUT2D eigenvalue weighted by molar-refractivity contribution is -0.121. The third kappa shape index (κ3) is 7.89. The first-order chi connectivity index (χ1) is 7.77. The minimum atomic E-state index is -3.36. The van der Waals surface area contributed by atoms with E-state index in [-0.39, 0.29) is 12.5 Å². The maximum Gasteiger partial charge on any atom is 0.235 e. The average molecular weight is 263 g/mol. The summed E-state index contributed by atoms with van der Waals surface area (Å²) in [6.07, 6.45) is 2.64. The zero-order chi connectivity index (χ0) is 13.5. The summed E-state index contributed by atoms with van der Waals surface area (Å²) in [7, 11) is 0.330. The summed E-state index contributed by atoms with van der Waals surface area (Å²) in [5, 5.41) is 2.55. The van der Waals surface area contributed by atoms with Gasteiger partial charge in [-0.05, 0) is 14.1 Å². The van der Waals surface area contributed by atoms with Crippen molar-refractivity contribution in [3.63, 3.8) is 0 Å². The van der Waals surface area contributed by atoms with Crippen LogP contribution in [0, 0.1) is 0 Å². The molecule has 0 spiro atoms. The minimum absolute atomic E-state index is 0.152. The monoisotopic (exact) mass is 263 g/mol. The second-order valence-electron chi connectivity index (χ2n) is 3.99. The summed E-state index contributed by atoms with van der Waals surface area (Å²) in [6.45, 7) is 4.52. The molecule has 0 radical (unpaired) electrons. The van der Waals surface area contributed by atoms with E-state index in [9.17, 15) is 13.2 Å². The summed E-state index contributed by atoms with van der Waals surface area (Å²) in [5.74, 6) is -0.325. The first-order valence-electron chi connectivity index (χ1n) is 5.24. The molecule has 0 rings (SSSR count). The van der Waals surface area contributed by atoms with Crippen molar-refractivity contribution in [3.8, 4) is 0 Å². The van der Waals surface area contributed by atoms with E-state index >= 15 is 0 Å². The van der Waals surface area contributed by atoms with Gasteiger partial charge in [0.2, 0.25) is 15.9 Å². The Bertz CT molecular complexity index is 352. The van der Waals surface area contributed by atoms with Crippen molar-refractivity contribution in [1.82, 2.24) is 14.5 Å². The number of sulfonamides is 1. The highest BCUT2D eigenvalue weighted by Crippen LogP contribution is 1.97. The van der Waals surface area contributed by atoms with Crippen LogP contribution in [-0.2, 0) is 14.8 Å². The van der Waals surface area contributed by atoms with Crippen molar-refractivity contribution in [3.05, 3.63) is 12.7 Å². The zero-order valence-electron chi connectivity index (χ0n) is 10.6. The number of carbonyl (C=O) groups is 1. The van der Waals surface area contributed by atoms with E-state index in [0.717, 1.165) is 10.6 Å². The predicted octanol–water partition coefficient (Wildman–Crippen LogP) is -0.888. The van der Waals surface area contributed by atoms with Crippen molar-refractivity contribution in [1.29, 1.82) is 0 Å². The van der Waals surface area contributed by atoms with Crippen LogP contribution in [0.25, 0.3) is 0 Å². The molecule has 0 saturated heterocycles. The Morgan fingerprint density at radius 1 is 1.35 bits per heavy atom. The first kappa shape index (κ1) is 16.1. The van der Waals surface area contributed by atoms with Gasteiger partial charge in [0.25, 0.3) is 0 Å². The second-order valence-corrected chi connectivity index (χ2v) is 5.98. The Balaban J connectivity index is 4.40. The molecule has 1 N–H and O–H groups in total. The molecule has 0 heterocycles. The molecule has 17 heavy (non-hydrogen) atoms. The smallest absolute Gasteiger partial charge is 0.235 e. The van der Waals surface area contributed by atoms with Crippen LogP contribution in [0.4, 0.5) is 0 Å². The zero-order valence-corrected chi connectivity index (χ0v) is 11.5. The highest BCUT2D eigenvalue weighted by Gasteiger charge is 2.19. The molecule has 6 nitrogen and oxygen atoms in total. The Hall–Kier alpha value is -0.920. The number of nitrogens with one attached hydrogen (secondary N) is 1. The van der Waals surface area contributed by atoms with Gasteiger partial charge in [0.05, 0.1) is 12.8 Å². The molecule has 0 aromatic rings. The quantitative estimate of drug-likeness (QED) is 0.577. The lowest BCUT2D eigenvalue weighted by Gasteiger charge is -2.21. The van der Waals surface area contributed by atoms with Crippen molar-refractivity contribution >= 4 is 15.9 Å². The number of likely N-dealkylation sites (N-methyl/N-ethyl adjacent to an activating group) is 1. The SMILES string of the molecule is C=CCNC(=O)CN(CCN(C)C)S(C)(=O)=O. The van der Waals surface area contributed by atoms with E-state index in [1.165, 1.54) is 0 Å². The molecule has 0 unspecified atom stereocenters. The van der Waals surface area contributed by atoms with Gasteiger partial charge < -0.3 is 10.2 Å². The molecule has 0 saturated carbocycles. The Labute approximate surface area is 103 Å². The molecule has 0 bridgehead atoms. The fraction of sp³-hybridized carbons (Fsp3) is 0.700. The standard InChI is InChI=1S/C10H21N3O3S/c1-5-6-11-10(14)9-13(17(4,15)16)8-7-12(2)3/h5H,1,6-9H2,2-4H3,(H,11,14). The van der Waals surface area contributed by atoms with Crippen LogP contribution < -0.4 is 5.32 Å². The maximum atomic E-state index is 11.5. The molecule has 0 atom stereocenters. The highest BCUT2D eigenvalue weighted by atomic mass is 32.2. The molecule has 100 valence electrons. The Kier molecular flexibility index (Phi) is 7.01. The fourth-order valence-corrected chi connectivity index (χ4v) is 1.84. The summed E-state index contributed by atoms with van der Waals surface area (Å²) >= 11 is 0. The number of rotatable bonds is 8. The normalized spacial score (nSPS) is 11.8. The average Bonchev–Trinajstić information content (AvgIpc) is 2.19. The molecular formula is C10H21N3O3S. The summed E-state index contributed by atoms with van der Waals surface area (Å²) in [5.41, 5.74) is 0.